The number of nitrogens with one attached hydrogen (secondary N) is 1. The zero-order valence-electron chi connectivity index (χ0n) is 14.9. The molecule has 0 unspecified atom stereocenters. The number of hydrogen-bond donors (Lipinski definition) is 1. The Balaban J connectivity index is 1.91. The van der Waals surface area contributed by atoms with Gasteiger partial charge in [0.05, 0.1) is 12.8 Å². The fourth-order valence-electron chi connectivity index (χ4n) is 2.39. The average Bonchev–Trinajstić information content (AvgIpc) is 2.58. The van der Waals surface area contributed by atoms with Crippen LogP contribution in [0.1, 0.15) is 16.7 Å². The van der Waals surface area contributed by atoms with E-state index in [0.717, 1.165) is 27.3 Å². The summed E-state index contributed by atoms with van der Waals surface area (Å²) in [4.78, 5) is 12.1. The first kappa shape index (κ1) is 20.1. The summed E-state index contributed by atoms with van der Waals surface area (Å²) in [6, 6.07) is 13.6. The molecule has 140 valence electrons. The first-order valence-electron chi connectivity index (χ1n) is 8.26. The lowest BCUT2D eigenvalue weighted by Gasteiger charge is -2.19. The maximum absolute atomic E-state index is 12.9. The molecule has 0 aliphatic rings. The van der Waals surface area contributed by atoms with Gasteiger partial charge in [0.25, 0.3) is 0 Å². The molecule has 2 aromatic rings. The van der Waals surface area contributed by atoms with Crippen LogP contribution >= 0.6 is 0 Å². The van der Waals surface area contributed by atoms with Gasteiger partial charge in [-0.25, -0.2) is 12.8 Å². The molecule has 1 N–H and O–H groups in total. The molecule has 0 radical (unpaired) electrons. The van der Waals surface area contributed by atoms with Crippen LogP contribution in [-0.2, 0) is 27.8 Å². The van der Waals surface area contributed by atoms with E-state index in [1.54, 1.807) is 12.1 Å². The maximum Gasteiger partial charge on any atom is 0.235 e. The lowest BCUT2D eigenvalue weighted by atomic mass is 10.1. The summed E-state index contributed by atoms with van der Waals surface area (Å²) in [5.74, 6) is -0.709. The summed E-state index contributed by atoms with van der Waals surface area (Å²) in [7, 11) is -3.53. The largest absolute Gasteiger partial charge is 0.351 e. The van der Waals surface area contributed by atoms with Gasteiger partial charge in [0, 0.05) is 13.1 Å². The van der Waals surface area contributed by atoms with Crippen LogP contribution in [0, 0.1) is 12.7 Å². The van der Waals surface area contributed by atoms with E-state index in [0.29, 0.717) is 13.0 Å². The van der Waals surface area contributed by atoms with Gasteiger partial charge in [-0.3, -0.25) is 4.79 Å². The SMILES string of the molecule is Cc1ccc(CNC(=O)CN(CCc2ccc(F)cc2)S(C)(=O)=O)cc1. The van der Waals surface area contributed by atoms with E-state index in [2.05, 4.69) is 5.32 Å². The number of nitrogens with zero attached hydrogens (tertiary/aromatic N) is 1. The highest BCUT2D eigenvalue weighted by Crippen LogP contribution is 2.07. The Morgan fingerprint density at radius 2 is 1.62 bits per heavy atom. The van der Waals surface area contributed by atoms with E-state index < -0.39 is 10.0 Å². The van der Waals surface area contributed by atoms with Crippen LogP contribution in [0.3, 0.4) is 0 Å². The van der Waals surface area contributed by atoms with Gasteiger partial charge in [0.2, 0.25) is 15.9 Å². The van der Waals surface area contributed by atoms with Crippen molar-refractivity contribution in [3.8, 4) is 0 Å². The molecule has 2 aromatic carbocycles. The molecule has 1 amide bonds. The minimum Gasteiger partial charge on any atom is -0.351 e. The Bertz CT molecular complexity index is 834. The quantitative estimate of drug-likeness (QED) is 0.766. The van der Waals surface area contributed by atoms with Crippen LogP contribution in [0.25, 0.3) is 0 Å². The summed E-state index contributed by atoms with van der Waals surface area (Å²) in [6.45, 7) is 2.23. The highest BCUT2D eigenvalue weighted by atomic mass is 32.2. The van der Waals surface area contributed by atoms with Crippen LogP contribution in [0.15, 0.2) is 48.5 Å². The fourth-order valence-corrected chi connectivity index (χ4v) is 3.16. The van der Waals surface area contributed by atoms with Crippen LogP contribution in [-0.4, -0.2) is 38.0 Å². The van der Waals surface area contributed by atoms with Crippen LogP contribution in [0.4, 0.5) is 4.39 Å². The topological polar surface area (TPSA) is 66.5 Å². The van der Waals surface area contributed by atoms with Gasteiger partial charge < -0.3 is 5.32 Å². The van der Waals surface area contributed by atoms with Crippen molar-refractivity contribution in [2.45, 2.75) is 19.9 Å². The number of benzene rings is 2. The minimum atomic E-state index is -3.53. The zero-order valence-corrected chi connectivity index (χ0v) is 15.7. The van der Waals surface area contributed by atoms with E-state index in [1.807, 2.05) is 31.2 Å². The summed E-state index contributed by atoms with van der Waals surface area (Å²) in [6.07, 6.45) is 1.48. The molecule has 0 saturated heterocycles. The van der Waals surface area contributed by atoms with Crippen molar-refractivity contribution in [1.29, 1.82) is 0 Å². The number of amides is 1. The van der Waals surface area contributed by atoms with Gasteiger partial charge in [0.15, 0.2) is 0 Å². The lowest BCUT2D eigenvalue weighted by Crippen LogP contribution is -2.41. The second-order valence-electron chi connectivity index (χ2n) is 6.24. The Labute approximate surface area is 153 Å². The van der Waals surface area contributed by atoms with Crippen LogP contribution < -0.4 is 5.32 Å². The molecule has 26 heavy (non-hydrogen) atoms. The number of rotatable bonds is 8. The molecule has 0 spiro atoms. The maximum atomic E-state index is 12.9. The molecule has 0 aromatic heterocycles. The molecular weight excluding hydrogens is 355 g/mol. The second-order valence-corrected chi connectivity index (χ2v) is 8.22. The Morgan fingerprint density at radius 3 is 2.19 bits per heavy atom. The monoisotopic (exact) mass is 378 g/mol. The number of carbonyl (C=O) groups excluding carboxylic acids is 1. The molecule has 0 bridgehead atoms. The molecule has 0 fully saturated rings. The molecule has 5 nitrogen and oxygen atoms in total. The second kappa shape index (κ2) is 8.91. The van der Waals surface area contributed by atoms with E-state index in [4.69, 9.17) is 0 Å². The Hall–Kier alpha value is -2.25. The van der Waals surface area contributed by atoms with Crippen molar-refractivity contribution in [1.82, 2.24) is 9.62 Å². The van der Waals surface area contributed by atoms with Crippen molar-refractivity contribution in [2.24, 2.45) is 0 Å². The number of sulfonamides is 1. The van der Waals surface area contributed by atoms with Gasteiger partial charge in [-0.2, -0.15) is 4.31 Å². The van der Waals surface area contributed by atoms with Crippen LogP contribution in [0.2, 0.25) is 0 Å². The van der Waals surface area contributed by atoms with E-state index in [-0.39, 0.29) is 24.8 Å². The normalized spacial score (nSPS) is 11.5. The highest BCUT2D eigenvalue weighted by Gasteiger charge is 2.19. The van der Waals surface area contributed by atoms with Crippen molar-refractivity contribution in [2.75, 3.05) is 19.3 Å². The lowest BCUT2D eigenvalue weighted by molar-refractivity contribution is -0.121. The highest BCUT2D eigenvalue weighted by molar-refractivity contribution is 7.88. The summed E-state index contributed by atoms with van der Waals surface area (Å²) >= 11 is 0. The molecule has 0 heterocycles. The summed E-state index contributed by atoms with van der Waals surface area (Å²) in [5.41, 5.74) is 2.88. The third kappa shape index (κ3) is 6.57. The van der Waals surface area contributed by atoms with Gasteiger partial charge in [-0.05, 0) is 36.6 Å². The predicted molar refractivity (Wildman–Crippen MR) is 99.5 cm³/mol. The predicted octanol–water partition coefficient (Wildman–Crippen LogP) is 2.25. The van der Waals surface area contributed by atoms with Gasteiger partial charge in [0.1, 0.15) is 5.82 Å². The average molecular weight is 378 g/mol. The van der Waals surface area contributed by atoms with Crippen molar-refractivity contribution >= 4 is 15.9 Å². The van der Waals surface area contributed by atoms with Gasteiger partial charge in [-0.1, -0.05) is 42.0 Å². The molecule has 7 heteroatoms. The minimum absolute atomic E-state index is 0.155. The summed E-state index contributed by atoms with van der Waals surface area (Å²) in [5, 5.41) is 2.73. The molecule has 0 saturated carbocycles. The third-order valence-electron chi connectivity index (χ3n) is 3.96. The van der Waals surface area contributed by atoms with E-state index >= 15 is 0 Å². The molecule has 0 aliphatic carbocycles. The standard InChI is InChI=1S/C19H23FN2O3S/c1-15-3-5-17(6-4-15)13-21-19(23)14-22(26(2,24)25)12-11-16-7-9-18(20)10-8-16/h3-10H,11-14H2,1-2H3,(H,21,23). The number of hydrogen-bond acceptors (Lipinski definition) is 3. The number of halogens is 1. The van der Waals surface area contributed by atoms with Gasteiger partial charge in [-0.15, -0.1) is 0 Å². The number of carbonyl (C=O) groups is 1. The Morgan fingerprint density at radius 1 is 1.04 bits per heavy atom. The summed E-state index contributed by atoms with van der Waals surface area (Å²) < 4.78 is 37.9. The smallest absolute Gasteiger partial charge is 0.235 e. The molecule has 2 rings (SSSR count). The van der Waals surface area contributed by atoms with Crippen molar-refractivity contribution in [3.63, 3.8) is 0 Å². The number of aryl methyl sites for hydroxylation is 1. The van der Waals surface area contributed by atoms with E-state index in [1.165, 1.54) is 12.1 Å². The van der Waals surface area contributed by atoms with Crippen molar-refractivity contribution < 1.29 is 17.6 Å². The molecule has 0 atom stereocenters. The van der Waals surface area contributed by atoms with Crippen LogP contribution in [0.5, 0.6) is 0 Å². The first-order valence-corrected chi connectivity index (χ1v) is 10.1. The third-order valence-corrected chi connectivity index (χ3v) is 5.21. The fraction of sp³-hybridized carbons (Fsp3) is 0.316. The zero-order chi connectivity index (χ0) is 19.2. The Kier molecular flexibility index (Phi) is 6.88. The van der Waals surface area contributed by atoms with E-state index in [9.17, 15) is 17.6 Å². The van der Waals surface area contributed by atoms with Crippen molar-refractivity contribution in [3.05, 3.63) is 71.0 Å². The molecule has 0 aliphatic heterocycles. The van der Waals surface area contributed by atoms with Gasteiger partial charge >= 0.3 is 0 Å². The molecular formula is C19H23FN2O3S. The first-order chi connectivity index (χ1) is 12.2.